The lowest BCUT2D eigenvalue weighted by atomic mass is 10.3. The largest absolute Gasteiger partial charge is 0.435 e. The molecule has 0 radical (unpaired) electrons. The van der Waals surface area contributed by atoms with Crippen molar-refractivity contribution < 1.29 is 18.0 Å². The molecule has 0 aliphatic rings. The summed E-state index contributed by atoms with van der Waals surface area (Å²) in [7, 11) is 0. The Morgan fingerprint density at radius 2 is 2.07 bits per heavy atom. The van der Waals surface area contributed by atoms with Gasteiger partial charge in [0.1, 0.15) is 5.69 Å². The first-order valence-corrected chi connectivity index (χ1v) is 4.20. The second-order valence-electron chi connectivity index (χ2n) is 3.32. The fourth-order valence-corrected chi connectivity index (χ4v) is 1.11. The van der Waals surface area contributed by atoms with Gasteiger partial charge in [-0.05, 0) is 13.8 Å². The zero-order valence-electron chi connectivity index (χ0n) is 8.17. The van der Waals surface area contributed by atoms with E-state index in [1.807, 2.05) is 0 Å². The van der Waals surface area contributed by atoms with E-state index in [9.17, 15) is 18.0 Å². The van der Waals surface area contributed by atoms with Gasteiger partial charge in [-0.1, -0.05) is 0 Å². The smallest absolute Gasteiger partial charge is 0.364 e. The molecule has 0 aromatic carbocycles. The lowest BCUT2D eigenvalue weighted by molar-refractivity contribution is -0.141. The van der Waals surface area contributed by atoms with Crippen LogP contribution in [0.3, 0.4) is 0 Å². The molecule has 0 aliphatic carbocycles. The summed E-state index contributed by atoms with van der Waals surface area (Å²) in [6.07, 6.45) is -4.57. The summed E-state index contributed by atoms with van der Waals surface area (Å²) in [5.74, 6) is -0.924. The van der Waals surface area contributed by atoms with Crippen molar-refractivity contribution in [1.82, 2.24) is 9.78 Å². The number of alkyl halides is 3. The molecule has 1 aromatic rings. The molecular weight excluding hydrogens is 211 g/mol. The summed E-state index contributed by atoms with van der Waals surface area (Å²) in [6.45, 7) is 3.22. The van der Waals surface area contributed by atoms with E-state index in [4.69, 9.17) is 5.73 Å². The molecule has 1 heterocycles. The molecule has 0 saturated carbocycles. The van der Waals surface area contributed by atoms with E-state index in [1.165, 1.54) is 0 Å². The normalized spacial score (nSPS) is 12.1. The SMILES string of the molecule is CC(C)n1nc(C(F)(F)F)cc1C(N)=O. The Bertz CT molecular complexity index is 381. The highest BCUT2D eigenvalue weighted by Crippen LogP contribution is 2.29. The van der Waals surface area contributed by atoms with Crippen molar-refractivity contribution in [3.05, 3.63) is 17.5 Å². The summed E-state index contributed by atoms with van der Waals surface area (Å²) in [5.41, 5.74) is 3.60. The fourth-order valence-electron chi connectivity index (χ4n) is 1.11. The topological polar surface area (TPSA) is 60.9 Å². The first kappa shape index (κ1) is 11.5. The number of primary amides is 1. The number of nitrogens with zero attached hydrogens (tertiary/aromatic N) is 2. The van der Waals surface area contributed by atoms with E-state index in [0.717, 1.165) is 4.68 Å². The molecule has 1 amide bonds. The van der Waals surface area contributed by atoms with Crippen LogP contribution in [-0.4, -0.2) is 15.7 Å². The fraction of sp³-hybridized carbons (Fsp3) is 0.500. The average molecular weight is 221 g/mol. The second-order valence-corrected chi connectivity index (χ2v) is 3.32. The van der Waals surface area contributed by atoms with E-state index >= 15 is 0 Å². The Hall–Kier alpha value is -1.53. The molecule has 0 aliphatic heterocycles. The molecule has 0 unspecified atom stereocenters. The van der Waals surface area contributed by atoms with Gasteiger partial charge in [-0.25, -0.2) is 0 Å². The van der Waals surface area contributed by atoms with Crippen LogP contribution in [0.15, 0.2) is 6.07 Å². The maximum atomic E-state index is 12.3. The van der Waals surface area contributed by atoms with Gasteiger partial charge in [0.05, 0.1) is 0 Å². The van der Waals surface area contributed by atoms with Crippen molar-refractivity contribution in [2.45, 2.75) is 26.1 Å². The average Bonchev–Trinajstić information content (AvgIpc) is 2.45. The molecule has 0 fully saturated rings. The highest BCUT2D eigenvalue weighted by Gasteiger charge is 2.35. The van der Waals surface area contributed by atoms with Gasteiger partial charge in [-0.2, -0.15) is 18.3 Å². The number of carbonyl (C=O) groups excluding carboxylic acids is 1. The minimum absolute atomic E-state index is 0.239. The number of hydrogen-bond acceptors (Lipinski definition) is 2. The van der Waals surface area contributed by atoms with Crippen LogP contribution >= 0.6 is 0 Å². The lowest BCUT2D eigenvalue weighted by Gasteiger charge is -2.08. The first-order chi connectivity index (χ1) is 6.73. The maximum absolute atomic E-state index is 12.3. The molecule has 15 heavy (non-hydrogen) atoms. The van der Waals surface area contributed by atoms with Crippen molar-refractivity contribution in [3.63, 3.8) is 0 Å². The van der Waals surface area contributed by atoms with E-state index in [-0.39, 0.29) is 11.7 Å². The van der Waals surface area contributed by atoms with Crippen LogP contribution in [0.5, 0.6) is 0 Å². The van der Waals surface area contributed by atoms with Gasteiger partial charge in [-0.3, -0.25) is 9.48 Å². The van der Waals surface area contributed by atoms with E-state index < -0.39 is 17.8 Å². The number of hydrogen-bond donors (Lipinski definition) is 1. The third-order valence-corrected chi connectivity index (χ3v) is 1.77. The van der Waals surface area contributed by atoms with Crippen molar-refractivity contribution in [3.8, 4) is 0 Å². The Morgan fingerprint density at radius 1 is 1.53 bits per heavy atom. The molecule has 0 bridgehead atoms. The number of rotatable bonds is 2. The van der Waals surface area contributed by atoms with Gasteiger partial charge in [0.25, 0.3) is 5.91 Å². The Kier molecular flexibility index (Phi) is 2.74. The maximum Gasteiger partial charge on any atom is 0.435 e. The van der Waals surface area contributed by atoms with E-state index in [1.54, 1.807) is 13.8 Å². The van der Waals surface area contributed by atoms with Crippen molar-refractivity contribution in [1.29, 1.82) is 0 Å². The summed E-state index contributed by atoms with van der Waals surface area (Å²) in [5, 5.41) is 3.29. The Morgan fingerprint density at radius 3 is 2.33 bits per heavy atom. The van der Waals surface area contributed by atoms with Gasteiger partial charge in [0.2, 0.25) is 0 Å². The van der Waals surface area contributed by atoms with Crippen LogP contribution in [0.25, 0.3) is 0 Å². The minimum Gasteiger partial charge on any atom is -0.364 e. The highest BCUT2D eigenvalue weighted by atomic mass is 19.4. The number of aromatic nitrogens is 2. The Labute approximate surface area is 83.9 Å². The van der Waals surface area contributed by atoms with Crippen molar-refractivity contribution >= 4 is 5.91 Å². The zero-order valence-corrected chi connectivity index (χ0v) is 8.17. The molecule has 0 atom stereocenters. The standard InChI is InChI=1S/C8H10F3N3O/c1-4(2)14-5(7(12)15)3-6(13-14)8(9,10)11/h3-4H,1-2H3,(H2,12,15). The lowest BCUT2D eigenvalue weighted by Crippen LogP contribution is -2.18. The molecule has 7 heteroatoms. The number of amides is 1. The third kappa shape index (κ3) is 2.28. The van der Waals surface area contributed by atoms with Gasteiger partial charge >= 0.3 is 6.18 Å². The predicted molar refractivity (Wildman–Crippen MR) is 46.1 cm³/mol. The molecule has 2 N–H and O–H groups in total. The monoisotopic (exact) mass is 221 g/mol. The quantitative estimate of drug-likeness (QED) is 0.824. The molecule has 84 valence electrons. The van der Waals surface area contributed by atoms with Gasteiger partial charge in [0.15, 0.2) is 5.69 Å². The van der Waals surface area contributed by atoms with E-state index in [0.29, 0.717) is 6.07 Å². The van der Waals surface area contributed by atoms with Crippen LogP contribution < -0.4 is 5.73 Å². The summed E-state index contributed by atoms with van der Waals surface area (Å²) in [4.78, 5) is 10.9. The zero-order chi connectivity index (χ0) is 11.8. The van der Waals surface area contributed by atoms with Crippen LogP contribution in [0, 0.1) is 0 Å². The number of halogens is 3. The first-order valence-electron chi connectivity index (χ1n) is 4.20. The van der Waals surface area contributed by atoms with Crippen LogP contribution in [0.2, 0.25) is 0 Å². The minimum atomic E-state index is -4.57. The molecule has 1 rings (SSSR count). The van der Waals surface area contributed by atoms with E-state index in [2.05, 4.69) is 5.10 Å². The van der Waals surface area contributed by atoms with Gasteiger partial charge < -0.3 is 5.73 Å². The second kappa shape index (κ2) is 3.56. The van der Waals surface area contributed by atoms with Crippen LogP contribution in [-0.2, 0) is 6.18 Å². The van der Waals surface area contributed by atoms with Crippen LogP contribution in [0.4, 0.5) is 13.2 Å². The van der Waals surface area contributed by atoms with Crippen LogP contribution in [0.1, 0.15) is 36.1 Å². The third-order valence-electron chi connectivity index (χ3n) is 1.77. The van der Waals surface area contributed by atoms with Gasteiger partial charge in [-0.15, -0.1) is 0 Å². The summed E-state index contributed by atoms with van der Waals surface area (Å²) < 4.78 is 37.8. The Balaban J connectivity index is 3.28. The summed E-state index contributed by atoms with van der Waals surface area (Å²) >= 11 is 0. The molecule has 1 aromatic heterocycles. The molecule has 0 saturated heterocycles. The van der Waals surface area contributed by atoms with Crippen molar-refractivity contribution in [2.24, 2.45) is 5.73 Å². The summed E-state index contributed by atoms with van der Waals surface area (Å²) in [6, 6.07) is 0.297. The number of carbonyl (C=O) groups is 1. The predicted octanol–water partition coefficient (Wildman–Crippen LogP) is 1.58. The van der Waals surface area contributed by atoms with Gasteiger partial charge in [0, 0.05) is 12.1 Å². The molecule has 4 nitrogen and oxygen atoms in total. The highest BCUT2D eigenvalue weighted by molar-refractivity contribution is 5.91. The van der Waals surface area contributed by atoms with Crippen molar-refractivity contribution in [2.75, 3.05) is 0 Å². The number of nitrogens with two attached hydrogens (primary N) is 1. The molecule has 0 spiro atoms. The molecular formula is C8H10F3N3O.